The first-order chi connectivity index (χ1) is 18.9. The number of amides is 1. The van der Waals surface area contributed by atoms with Crippen LogP contribution in [-0.2, 0) is 4.79 Å². The van der Waals surface area contributed by atoms with Crippen molar-refractivity contribution in [3.05, 3.63) is 89.4 Å². The first-order valence-electron chi connectivity index (χ1n) is 12.1. The van der Waals surface area contributed by atoms with Crippen molar-refractivity contribution in [2.75, 3.05) is 18.6 Å². The summed E-state index contributed by atoms with van der Waals surface area (Å²) in [4.78, 5) is 33.3. The number of Topliss-reactive ketones (excluding diaryl/α,β-unsaturated/α-hetero) is 1. The van der Waals surface area contributed by atoms with Crippen LogP contribution in [-0.4, -0.2) is 40.6 Å². The van der Waals surface area contributed by atoms with Crippen LogP contribution in [0.25, 0.3) is 21.2 Å². The van der Waals surface area contributed by atoms with Gasteiger partial charge in [0, 0.05) is 5.39 Å². The van der Waals surface area contributed by atoms with Crippen molar-refractivity contribution in [1.82, 2.24) is 4.98 Å². The molecule has 196 valence electrons. The lowest BCUT2D eigenvalue weighted by atomic mass is 9.95. The number of ether oxygens (including phenoxy) is 2. The number of methoxy groups -OCH3 is 1. The Kier molecular flexibility index (Phi) is 5.96. The quantitative estimate of drug-likeness (QED) is 0.242. The van der Waals surface area contributed by atoms with Crippen molar-refractivity contribution in [3.63, 3.8) is 0 Å². The number of phenols is 1. The Morgan fingerprint density at radius 3 is 2.64 bits per heavy atom. The third kappa shape index (κ3) is 4.05. The Hall–Kier alpha value is -4.83. The average Bonchev–Trinajstić information content (AvgIpc) is 3.63. The maximum absolute atomic E-state index is 13.9. The summed E-state index contributed by atoms with van der Waals surface area (Å²) in [7, 11) is 1.50. The van der Waals surface area contributed by atoms with Gasteiger partial charge in [0.1, 0.15) is 11.5 Å². The fourth-order valence-corrected chi connectivity index (χ4v) is 5.72. The largest absolute Gasteiger partial charge is 0.508 e. The fourth-order valence-electron chi connectivity index (χ4n) is 4.70. The lowest BCUT2D eigenvalue weighted by Gasteiger charge is -2.24. The number of carbonyl (C=O) groups excluding carboxylic acids is 2. The molecule has 39 heavy (non-hydrogen) atoms. The number of hydrogen-bond donors (Lipinski definition) is 2. The van der Waals surface area contributed by atoms with E-state index in [0.29, 0.717) is 45.3 Å². The summed E-state index contributed by atoms with van der Waals surface area (Å²) >= 11 is 1.24. The van der Waals surface area contributed by atoms with Gasteiger partial charge in [-0.1, -0.05) is 35.6 Å². The molecule has 1 aliphatic rings. The van der Waals surface area contributed by atoms with Crippen molar-refractivity contribution < 1.29 is 33.7 Å². The minimum atomic E-state index is -1.02. The Bertz CT molecular complexity index is 1780. The van der Waals surface area contributed by atoms with Crippen LogP contribution in [0.1, 0.15) is 29.1 Å². The summed E-state index contributed by atoms with van der Waals surface area (Å²) in [5.41, 5.74) is 1.36. The molecule has 3 aromatic carbocycles. The first kappa shape index (κ1) is 24.5. The normalized spacial score (nSPS) is 15.5. The van der Waals surface area contributed by atoms with E-state index in [1.807, 2.05) is 13.0 Å². The molecule has 0 bridgehead atoms. The SMILES string of the molecule is CCOc1ccc2nc(N3C(=O)C(O)=C(C(=O)c4cc5cccc(OC)c5o4)C3c3ccc(O)cc3)sc2c1. The van der Waals surface area contributed by atoms with Gasteiger partial charge < -0.3 is 24.1 Å². The number of aliphatic hydroxyl groups is 1. The molecule has 2 N–H and O–H groups in total. The zero-order chi connectivity index (χ0) is 27.3. The second kappa shape index (κ2) is 9.48. The molecule has 3 heterocycles. The number of thiazole rings is 1. The highest BCUT2D eigenvalue weighted by Crippen LogP contribution is 2.45. The van der Waals surface area contributed by atoms with Crippen molar-refractivity contribution in [3.8, 4) is 17.2 Å². The van der Waals surface area contributed by atoms with Crippen LogP contribution < -0.4 is 14.4 Å². The monoisotopic (exact) mass is 542 g/mol. The Balaban J connectivity index is 1.48. The van der Waals surface area contributed by atoms with Crippen LogP contribution in [0.4, 0.5) is 5.13 Å². The number of carbonyl (C=O) groups is 2. The molecule has 0 spiro atoms. The predicted molar refractivity (Wildman–Crippen MR) is 146 cm³/mol. The molecule has 1 unspecified atom stereocenters. The molecule has 0 radical (unpaired) electrons. The van der Waals surface area contributed by atoms with Crippen LogP contribution in [0, 0.1) is 0 Å². The third-order valence-corrected chi connectivity index (χ3v) is 7.50. The van der Waals surface area contributed by atoms with Gasteiger partial charge in [0.2, 0.25) is 5.78 Å². The van der Waals surface area contributed by atoms with E-state index in [-0.39, 0.29) is 17.1 Å². The number of nitrogens with zero attached hydrogens (tertiary/aromatic N) is 2. The van der Waals surface area contributed by atoms with Gasteiger partial charge in [-0.3, -0.25) is 14.5 Å². The van der Waals surface area contributed by atoms with Gasteiger partial charge in [-0.05, 0) is 55.0 Å². The number of phenolic OH excluding ortho intramolecular Hbond substituents is 1. The zero-order valence-corrected chi connectivity index (χ0v) is 21.7. The van der Waals surface area contributed by atoms with Gasteiger partial charge in [0.05, 0.1) is 35.5 Å². The average molecular weight is 543 g/mol. The number of hydrogen-bond acceptors (Lipinski definition) is 9. The van der Waals surface area contributed by atoms with Gasteiger partial charge in [-0.25, -0.2) is 4.98 Å². The lowest BCUT2D eigenvalue weighted by Crippen LogP contribution is -2.30. The number of aromatic nitrogens is 1. The number of fused-ring (bicyclic) bond motifs is 2. The summed E-state index contributed by atoms with van der Waals surface area (Å²) in [5, 5.41) is 21.9. The molecule has 0 fully saturated rings. The maximum Gasteiger partial charge on any atom is 0.296 e. The molecule has 5 aromatic rings. The number of para-hydroxylation sites is 1. The number of rotatable bonds is 7. The van der Waals surface area contributed by atoms with E-state index in [1.54, 1.807) is 48.5 Å². The predicted octanol–water partition coefficient (Wildman–Crippen LogP) is 5.94. The molecular formula is C29H22N2O7S. The minimum absolute atomic E-state index is 0.0171. The number of anilines is 1. The van der Waals surface area contributed by atoms with Crippen molar-refractivity contribution in [1.29, 1.82) is 0 Å². The molecule has 10 heteroatoms. The number of furan rings is 1. The van der Waals surface area contributed by atoms with Crippen LogP contribution in [0.5, 0.6) is 17.2 Å². The van der Waals surface area contributed by atoms with E-state index in [2.05, 4.69) is 4.98 Å². The molecule has 6 rings (SSSR count). The van der Waals surface area contributed by atoms with Gasteiger partial charge >= 0.3 is 0 Å². The van der Waals surface area contributed by atoms with Crippen LogP contribution >= 0.6 is 11.3 Å². The highest BCUT2D eigenvalue weighted by atomic mass is 32.1. The second-order valence-corrected chi connectivity index (χ2v) is 9.82. The third-order valence-electron chi connectivity index (χ3n) is 6.48. The van der Waals surface area contributed by atoms with Crippen LogP contribution in [0.15, 0.2) is 82.5 Å². The number of ketones is 1. The van der Waals surface area contributed by atoms with Crippen LogP contribution in [0.3, 0.4) is 0 Å². The molecule has 1 aliphatic heterocycles. The van der Waals surface area contributed by atoms with Crippen molar-refractivity contribution >= 4 is 49.3 Å². The molecule has 0 aliphatic carbocycles. The van der Waals surface area contributed by atoms with E-state index in [4.69, 9.17) is 13.9 Å². The van der Waals surface area contributed by atoms with E-state index in [0.717, 1.165) is 4.70 Å². The summed E-state index contributed by atoms with van der Waals surface area (Å²) in [5.74, 6) is -1.04. The molecule has 0 saturated carbocycles. The summed E-state index contributed by atoms with van der Waals surface area (Å²) < 4.78 is 17.6. The summed E-state index contributed by atoms with van der Waals surface area (Å²) in [6.07, 6.45) is 0. The molecule has 2 aromatic heterocycles. The number of aliphatic hydroxyl groups excluding tert-OH is 1. The molecule has 0 saturated heterocycles. The van der Waals surface area contributed by atoms with E-state index in [9.17, 15) is 19.8 Å². The van der Waals surface area contributed by atoms with E-state index >= 15 is 0 Å². The minimum Gasteiger partial charge on any atom is -0.508 e. The standard InChI is InChI=1S/C29H22N2O7S/c1-3-37-18-11-12-19-22(14-18)39-29(30-19)31-24(15-7-9-17(32)10-8-15)23(26(34)28(31)35)25(33)21-13-16-5-4-6-20(36-2)27(16)38-21/h4-14,24,32,34H,3H2,1-2H3. The maximum atomic E-state index is 13.9. The van der Waals surface area contributed by atoms with Crippen molar-refractivity contribution in [2.24, 2.45) is 0 Å². The smallest absolute Gasteiger partial charge is 0.296 e. The summed E-state index contributed by atoms with van der Waals surface area (Å²) in [6, 6.07) is 17.3. The molecule has 9 nitrogen and oxygen atoms in total. The van der Waals surface area contributed by atoms with Gasteiger partial charge in [0.25, 0.3) is 5.91 Å². The fraction of sp³-hybridized carbons (Fsp3) is 0.138. The Morgan fingerprint density at radius 1 is 1.10 bits per heavy atom. The molecule has 1 amide bonds. The zero-order valence-electron chi connectivity index (χ0n) is 20.9. The highest BCUT2D eigenvalue weighted by molar-refractivity contribution is 7.22. The van der Waals surface area contributed by atoms with E-state index in [1.165, 1.54) is 35.5 Å². The number of aromatic hydroxyl groups is 1. The topological polar surface area (TPSA) is 122 Å². The number of benzene rings is 3. The highest BCUT2D eigenvalue weighted by Gasteiger charge is 2.46. The van der Waals surface area contributed by atoms with Gasteiger partial charge in [0.15, 0.2) is 28.0 Å². The second-order valence-electron chi connectivity index (χ2n) is 8.81. The van der Waals surface area contributed by atoms with Crippen LogP contribution in [0.2, 0.25) is 0 Å². The Labute approximate surface area is 226 Å². The Morgan fingerprint density at radius 2 is 1.90 bits per heavy atom. The summed E-state index contributed by atoms with van der Waals surface area (Å²) in [6.45, 7) is 2.39. The van der Waals surface area contributed by atoms with E-state index < -0.39 is 23.5 Å². The lowest BCUT2D eigenvalue weighted by molar-refractivity contribution is -0.117. The van der Waals surface area contributed by atoms with Gasteiger partial charge in [-0.2, -0.15) is 0 Å². The molecule has 1 atom stereocenters. The van der Waals surface area contributed by atoms with Crippen molar-refractivity contribution in [2.45, 2.75) is 13.0 Å². The molecular weight excluding hydrogens is 520 g/mol. The van der Waals surface area contributed by atoms with Gasteiger partial charge in [-0.15, -0.1) is 0 Å². The first-order valence-corrected chi connectivity index (χ1v) is 12.9.